The van der Waals surface area contributed by atoms with Crippen molar-refractivity contribution in [3.05, 3.63) is 17.0 Å². The van der Waals surface area contributed by atoms with Crippen molar-refractivity contribution >= 4 is 17.3 Å². The molecule has 1 aliphatic rings. The maximum absolute atomic E-state index is 11.8. The highest BCUT2D eigenvalue weighted by molar-refractivity contribution is 7.13. The summed E-state index contributed by atoms with van der Waals surface area (Å²) in [6.45, 7) is 3.60. The molecule has 0 aliphatic heterocycles. The number of esters is 1. The largest absolute Gasteiger partial charge is 0.469 e. The Kier molecular flexibility index (Phi) is 5.51. The Balaban J connectivity index is 1.65. The van der Waals surface area contributed by atoms with Crippen molar-refractivity contribution in [3.8, 4) is 10.8 Å². The van der Waals surface area contributed by atoms with Crippen LogP contribution in [0.15, 0.2) is 9.90 Å². The third-order valence-corrected chi connectivity index (χ3v) is 5.65. The van der Waals surface area contributed by atoms with E-state index in [1.54, 1.807) is 25.2 Å². The first-order valence-corrected chi connectivity index (χ1v) is 9.71. The molecule has 0 spiro atoms. The highest BCUT2D eigenvalue weighted by Gasteiger charge is 2.31. The fraction of sp³-hybridized carbons (Fsp3) is 0.667. The highest BCUT2D eigenvalue weighted by Crippen LogP contribution is 2.29. The Morgan fingerprint density at radius 2 is 2.08 bits per heavy atom. The van der Waals surface area contributed by atoms with Crippen LogP contribution in [0.1, 0.15) is 57.5 Å². The molecule has 0 atom stereocenters. The van der Waals surface area contributed by atoms with Crippen LogP contribution < -0.4 is 0 Å². The highest BCUT2D eigenvalue weighted by atomic mass is 32.1. The van der Waals surface area contributed by atoms with Gasteiger partial charge in [-0.25, -0.2) is 4.98 Å². The van der Waals surface area contributed by atoms with Crippen LogP contribution >= 0.6 is 11.3 Å². The number of ether oxygens (including phenoxy) is 1. The van der Waals surface area contributed by atoms with E-state index in [1.165, 1.54) is 39.2 Å². The van der Waals surface area contributed by atoms with E-state index in [4.69, 9.17) is 9.26 Å². The summed E-state index contributed by atoms with van der Waals surface area (Å²) in [6.07, 6.45) is 8.04. The van der Waals surface area contributed by atoms with Crippen LogP contribution in [0.25, 0.3) is 10.8 Å². The van der Waals surface area contributed by atoms with Crippen LogP contribution in [0.3, 0.4) is 0 Å². The number of thiazole rings is 1. The first kappa shape index (κ1) is 18.0. The van der Waals surface area contributed by atoms with Crippen LogP contribution in [0.4, 0.5) is 0 Å². The maximum Gasteiger partial charge on any atom is 0.311 e. The SMILES string of the molecule is COC(=O)C(C)(C)Cc1nc(-c2nc(CC3CCCCC3)cs2)no1. The van der Waals surface area contributed by atoms with Crippen molar-refractivity contribution in [2.45, 2.75) is 58.8 Å². The van der Waals surface area contributed by atoms with Gasteiger partial charge in [0.25, 0.3) is 0 Å². The van der Waals surface area contributed by atoms with Crippen molar-refractivity contribution in [1.82, 2.24) is 15.1 Å². The van der Waals surface area contributed by atoms with Gasteiger partial charge in [0.2, 0.25) is 11.7 Å². The number of hydrogen-bond acceptors (Lipinski definition) is 7. The summed E-state index contributed by atoms with van der Waals surface area (Å²) in [6, 6.07) is 0. The summed E-state index contributed by atoms with van der Waals surface area (Å²) in [5.74, 6) is 1.38. The molecule has 6 nitrogen and oxygen atoms in total. The Labute approximate surface area is 152 Å². The van der Waals surface area contributed by atoms with Crippen LogP contribution in [0.2, 0.25) is 0 Å². The van der Waals surface area contributed by atoms with Gasteiger partial charge in [0, 0.05) is 11.8 Å². The van der Waals surface area contributed by atoms with Gasteiger partial charge >= 0.3 is 5.97 Å². The number of carbonyl (C=O) groups is 1. The van der Waals surface area contributed by atoms with E-state index in [1.807, 2.05) is 0 Å². The molecule has 25 heavy (non-hydrogen) atoms. The molecule has 2 aromatic heterocycles. The summed E-state index contributed by atoms with van der Waals surface area (Å²) in [5, 5.41) is 6.90. The molecule has 7 heteroatoms. The minimum Gasteiger partial charge on any atom is -0.469 e. The maximum atomic E-state index is 11.8. The predicted molar refractivity (Wildman–Crippen MR) is 95.2 cm³/mol. The van der Waals surface area contributed by atoms with E-state index in [0.717, 1.165) is 23.0 Å². The number of aromatic nitrogens is 3. The quantitative estimate of drug-likeness (QED) is 0.720. The summed E-state index contributed by atoms with van der Waals surface area (Å²) in [5.41, 5.74) is 0.418. The first-order valence-electron chi connectivity index (χ1n) is 8.84. The molecule has 0 N–H and O–H groups in total. The predicted octanol–water partition coefficient (Wildman–Crippen LogP) is 4.06. The Hall–Kier alpha value is -1.76. The van der Waals surface area contributed by atoms with E-state index in [0.29, 0.717) is 18.1 Å². The van der Waals surface area contributed by atoms with Crippen molar-refractivity contribution in [2.75, 3.05) is 7.11 Å². The molecule has 0 saturated heterocycles. The second-order valence-electron chi connectivity index (χ2n) is 7.42. The topological polar surface area (TPSA) is 78.1 Å². The lowest BCUT2D eigenvalue weighted by Crippen LogP contribution is -2.28. The first-order chi connectivity index (χ1) is 12.0. The van der Waals surface area contributed by atoms with Gasteiger partial charge in [-0.1, -0.05) is 37.3 Å². The van der Waals surface area contributed by atoms with E-state index < -0.39 is 5.41 Å². The van der Waals surface area contributed by atoms with Gasteiger partial charge in [-0.15, -0.1) is 11.3 Å². The summed E-state index contributed by atoms with van der Waals surface area (Å²) < 4.78 is 10.1. The van der Waals surface area contributed by atoms with Gasteiger partial charge in [-0.3, -0.25) is 4.79 Å². The van der Waals surface area contributed by atoms with E-state index in [2.05, 4.69) is 20.5 Å². The number of carbonyl (C=O) groups excluding carboxylic acids is 1. The monoisotopic (exact) mass is 363 g/mol. The van der Waals surface area contributed by atoms with E-state index in [9.17, 15) is 4.79 Å². The van der Waals surface area contributed by atoms with Crippen LogP contribution in [0.5, 0.6) is 0 Å². The lowest BCUT2D eigenvalue weighted by Gasteiger charge is -2.20. The molecule has 0 amide bonds. The van der Waals surface area contributed by atoms with Gasteiger partial charge in [0.05, 0.1) is 18.2 Å². The Bertz CT molecular complexity index is 717. The molecular weight excluding hydrogens is 338 g/mol. The molecule has 0 bridgehead atoms. The molecule has 1 aliphatic carbocycles. The number of rotatable bonds is 6. The third-order valence-electron chi connectivity index (χ3n) is 4.76. The molecule has 2 heterocycles. The average molecular weight is 363 g/mol. The molecule has 1 fully saturated rings. The van der Waals surface area contributed by atoms with Crippen molar-refractivity contribution < 1.29 is 14.1 Å². The molecule has 1 saturated carbocycles. The number of methoxy groups -OCH3 is 1. The second-order valence-corrected chi connectivity index (χ2v) is 8.27. The second kappa shape index (κ2) is 7.64. The van der Waals surface area contributed by atoms with Crippen LogP contribution in [-0.4, -0.2) is 28.2 Å². The van der Waals surface area contributed by atoms with Crippen molar-refractivity contribution in [2.24, 2.45) is 11.3 Å². The number of nitrogens with zero attached hydrogens (tertiary/aromatic N) is 3. The zero-order chi connectivity index (χ0) is 17.9. The molecule has 0 aromatic carbocycles. The summed E-state index contributed by atoms with van der Waals surface area (Å²) in [7, 11) is 1.38. The fourth-order valence-corrected chi connectivity index (χ4v) is 4.09. The van der Waals surface area contributed by atoms with E-state index in [-0.39, 0.29) is 5.97 Å². The minimum atomic E-state index is -0.701. The normalized spacial score (nSPS) is 16.1. The lowest BCUT2D eigenvalue weighted by molar-refractivity contribution is -0.150. The Morgan fingerprint density at radius 1 is 1.32 bits per heavy atom. The van der Waals surface area contributed by atoms with Crippen LogP contribution in [-0.2, 0) is 22.4 Å². The minimum absolute atomic E-state index is 0.295. The molecule has 2 aromatic rings. The molecule has 136 valence electrons. The standard InChI is InChI=1S/C18H25N3O3S/c1-18(2,17(22)23-3)10-14-20-15(21-24-14)16-19-13(11-25-16)9-12-7-5-4-6-8-12/h11-12H,4-10H2,1-3H3. The molecular formula is C18H25N3O3S. The zero-order valence-corrected chi connectivity index (χ0v) is 15.9. The van der Waals surface area contributed by atoms with Gasteiger partial charge in [0.15, 0.2) is 5.01 Å². The van der Waals surface area contributed by atoms with Gasteiger partial charge in [-0.05, 0) is 26.2 Å². The zero-order valence-electron chi connectivity index (χ0n) is 15.1. The third kappa shape index (κ3) is 4.45. The Morgan fingerprint density at radius 3 is 2.80 bits per heavy atom. The van der Waals surface area contributed by atoms with Gasteiger partial charge < -0.3 is 9.26 Å². The van der Waals surface area contributed by atoms with Crippen LogP contribution in [0, 0.1) is 11.3 Å². The average Bonchev–Trinajstić information content (AvgIpc) is 3.24. The molecule has 3 rings (SSSR count). The molecule has 0 unspecified atom stereocenters. The fourth-order valence-electron chi connectivity index (χ4n) is 3.33. The molecule has 0 radical (unpaired) electrons. The lowest BCUT2D eigenvalue weighted by atomic mass is 9.86. The number of hydrogen-bond donors (Lipinski definition) is 0. The summed E-state index contributed by atoms with van der Waals surface area (Å²) in [4.78, 5) is 20.9. The van der Waals surface area contributed by atoms with Gasteiger partial charge in [0.1, 0.15) is 0 Å². The van der Waals surface area contributed by atoms with Crippen molar-refractivity contribution in [1.29, 1.82) is 0 Å². The van der Waals surface area contributed by atoms with Crippen molar-refractivity contribution in [3.63, 3.8) is 0 Å². The smallest absolute Gasteiger partial charge is 0.311 e. The van der Waals surface area contributed by atoms with Gasteiger partial charge in [-0.2, -0.15) is 4.98 Å². The van der Waals surface area contributed by atoms with E-state index >= 15 is 0 Å². The summed E-state index contributed by atoms with van der Waals surface area (Å²) >= 11 is 1.55.